The molecular weight excluding hydrogens is 250 g/mol. The fourth-order valence-corrected chi connectivity index (χ4v) is 2.74. The zero-order valence-electron chi connectivity index (χ0n) is 10.5. The summed E-state index contributed by atoms with van der Waals surface area (Å²) in [6.45, 7) is 4.15. The summed E-state index contributed by atoms with van der Waals surface area (Å²) in [5, 5.41) is 6.01. The molecule has 4 N–H and O–H groups in total. The number of hydrogen-bond donors (Lipinski definition) is 3. The number of nitrogen functional groups attached to an aromatic ring is 1. The standard InChI is InChI=1S/C12H17N3O2S/c1-3-14-11(16)8-6(2)9(18-10(8)13)12(17)15-7-4-5-7/h7H,3-5,13H2,1-2H3,(H,14,16)(H,15,17). The average Bonchev–Trinajstić information content (AvgIpc) is 3.04. The van der Waals surface area contributed by atoms with Crippen molar-refractivity contribution in [1.29, 1.82) is 0 Å². The van der Waals surface area contributed by atoms with Crippen molar-refractivity contribution in [3.05, 3.63) is 16.0 Å². The van der Waals surface area contributed by atoms with Crippen LogP contribution in [-0.2, 0) is 0 Å². The normalized spacial score (nSPS) is 14.3. The van der Waals surface area contributed by atoms with Crippen LogP contribution in [0.2, 0.25) is 0 Å². The van der Waals surface area contributed by atoms with Gasteiger partial charge in [0.15, 0.2) is 0 Å². The Labute approximate surface area is 110 Å². The van der Waals surface area contributed by atoms with E-state index in [0.29, 0.717) is 33.6 Å². The predicted molar refractivity (Wildman–Crippen MR) is 72.0 cm³/mol. The molecule has 98 valence electrons. The molecule has 0 aromatic carbocycles. The summed E-state index contributed by atoms with van der Waals surface area (Å²) < 4.78 is 0. The van der Waals surface area contributed by atoms with Crippen LogP contribution in [0.25, 0.3) is 0 Å². The van der Waals surface area contributed by atoms with Crippen LogP contribution in [0.15, 0.2) is 0 Å². The number of rotatable bonds is 4. The first kappa shape index (κ1) is 12.9. The predicted octanol–water partition coefficient (Wildman–Crippen LogP) is 1.28. The van der Waals surface area contributed by atoms with Gasteiger partial charge < -0.3 is 16.4 Å². The van der Waals surface area contributed by atoms with Gasteiger partial charge in [-0.05, 0) is 32.3 Å². The number of thiophene rings is 1. The van der Waals surface area contributed by atoms with Gasteiger partial charge in [0.25, 0.3) is 11.8 Å². The molecule has 2 rings (SSSR count). The van der Waals surface area contributed by atoms with Gasteiger partial charge in [0, 0.05) is 12.6 Å². The minimum absolute atomic E-state index is 0.123. The fraction of sp³-hybridized carbons (Fsp3) is 0.500. The smallest absolute Gasteiger partial charge is 0.261 e. The first-order chi connectivity index (χ1) is 8.54. The molecule has 18 heavy (non-hydrogen) atoms. The molecule has 0 bridgehead atoms. The van der Waals surface area contributed by atoms with Gasteiger partial charge >= 0.3 is 0 Å². The molecule has 0 unspecified atom stereocenters. The first-order valence-electron chi connectivity index (χ1n) is 6.02. The van der Waals surface area contributed by atoms with Crippen LogP contribution in [0, 0.1) is 6.92 Å². The van der Waals surface area contributed by atoms with Crippen LogP contribution < -0.4 is 16.4 Å². The van der Waals surface area contributed by atoms with Crippen molar-refractivity contribution in [2.24, 2.45) is 0 Å². The highest BCUT2D eigenvalue weighted by atomic mass is 32.1. The molecule has 2 amide bonds. The highest BCUT2D eigenvalue weighted by Gasteiger charge is 2.27. The number of hydrogen-bond acceptors (Lipinski definition) is 4. The number of nitrogens with one attached hydrogen (secondary N) is 2. The second-order valence-electron chi connectivity index (χ2n) is 4.40. The van der Waals surface area contributed by atoms with Gasteiger partial charge in [0.2, 0.25) is 0 Å². The molecular formula is C12H17N3O2S. The molecule has 0 aliphatic heterocycles. The van der Waals surface area contributed by atoms with E-state index in [9.17, 15) is 9.59 Å². The summed E-state index contributed by atoms with van der Waals surface area (Å²) >= 11 is 1.18. The summed E-state index contributed by atoms with van der Waals surface area (Å²) in [6.07, 6.45) is 2.07. The Morgan fingerprint density at radius 2 is 2.06 bits per heavy atom. The van der Waals surface area contributed by atoms with Crippen LogP contribution in [-0.4, -0.2) is 24.4 Å². The van der Waals surface area contributed by atoms with Gasteiger partial charge in [-0.2, -0.15) is 0 Å². The Balaban J connectivity index is 2.24. The van der Waals surface area contributed by atoms with Crippen molar-refractivity contribution < 1.29 is 9.59 Å². The molecule has 1 heterocycles. The van der Waals surface area contributed by atoms with Crippen LogP contribution in [0.4, 0.5) is 5.00 Å². The van der Waals surface area contributed by atoms with E-state index in [1.165, 1.54) is 11.3 Å². The van der Waals surface area contributed by atoms with Crippen molar-refractivity contribution in [2.45, 2.75) is 32.7 Å². The third kappa shape index (κ3) is 2.48. The first-order valence-corrected chi connectivity index (χ1v) is 6.84. The van der Waals surface area contributed by atoms with Crippen molar-refractivity contribution in [2.75, 3.05) is 12.3 Å². The lowest BCUT2D eigenvalue weighted by Gasteiger charge is -2.04. The van der Waals surface area contributed by atoms with E-state index in [1.807, 2.05) is 6.92 Å². The lowest BCUT2D eigenvalue weighted by Crippen LogP contribution is -2.26. The van der Waals surface area contributed by atoms with E-state index in [4.69, 9.17) is 5.73 Å². The average molecular weight is 267 g/mol. The molecule has 1 aliphatic rings. The Hall–Kier alpha value is -1.56. The quantitative estimate of drug-likeness (QED) is 0.768. The van der Waals surface area contributed by atoms with E-state index in [-0.39, 0.29) is 11.8 Å². The molecule has 1 saturated carbocycles. The summed E-state index contributed by atoms with van der Waals surface area (Å²) in [6, 6.07) is 0.299. The Kier molecular flexibility index (Phi) is 3.56. The van der Waals surface area contributed by atoms with Gasteiger partial charge in [-0.25, -0.2) is 0 Å². The number of carbonyl (C=O) groups is 2. The Morgan fingerprint density at radius 1 is 1.39 bits per heavy atom. The molecule has 0 spiro atoms. The summed E-state index contributed by atoms with van der Waals surface area (Å²) in [5.41, 5.74) is 6.94. The highest BCUT2D eigenvalue weighted by Crippen LogP contribution is 2.31. The second-order valence-corrected chi connectivity index (χ2v) is 5.45. The minimum atomic E-state index is -0.214. The molecule has 1 aliphatic carbocycles. The Bertz CT molecular complexity index is 492. The number of anilines is 1. The van der Waals surface area contributed by atoms with Crippen LogP contribution in [0.5, 0.6) is 0 Å². The zero-order chi connectivity index (χ0) is 13.3. The van der Waals surface area contributed by atoms with Crippen molar-refractivity contribution in [1.82, 2.24) is 10.6 Å². The fourth-order valence-electron chi connectivity index (χ4n) is 1.76. The van der Waals surface area contributed by atoms with Gasteiger partial charge in [-0.1, -0.05) is 0 Å². The van der Waals surface area contributed by atoms with E-state index >= 15 is 0 Å². The van der Waals surface area contributed by atoms with Crippen LogP contribution >= 0.6 is 11.3 Å². The molecule has 1 aromatic heterocycles. The van der Waals surface area contributed by atoms with Crippen molar-refractivity contribution >= 4 is 28.2 Å². The zero-order valence-corrected chi connectivity index (χ0v) is 11.3. The van der Waals surface area contributed by atoms with Crippen LogP contribution in [0.3, 0.4) is 0 Å². The van der Waals surface area contributed by atoms with E-state index in [0.717, 1.165) is 12.8 Å². The number of carbonyl (C=O) groups excluding carboxylic acids is 2. The molecule has 0 atom stereocenters. The SMILES string of the molecule is CCNC(=O)c1c(N)sc(C(=O)NC2CC2)c1C. The van der Waals surface area contributed by atoms with E-state index in [1.54, 1.807) is 6.92 Å². The molecule has 0 saturated heterocycles. The van der Waals surface area contributed by atoms with Gasteiger partial charge in [0.05, 0.1) is 15.4 Å². The van der Waals surface area contributed by atoms with Gasteiger partial charge in [0.1, 0.15) is 0 Å². The number of amides is 2. The minimum Gasteiger partial charge on any atom is -0.390 e. The maximum absolute atomic E-state index is 12.0. The topological polar surface area (TPSA) is 84.2 Å². The maximum atomic E-state index is 12.0. The molecule has 6 heteroatoms. The van der Waals surface area contributed by atoms with E-state index in [2.05, 4.69) is 10.6 Å². The summed E-state index contributed by atoms with van der Waals surface area (Å²) in [5.74, 6) is -0.337. The summed E-state index contributed by atoms with van der Waals surface area (Å²) in [4.78, 5) is 24.4. The third-order valence-corrected chi connectivity index (χ3v) is 3.98. The lowest BCUT2D eigenvalue weighted by molar-refractivity contribution is 0.0953. The second kappa shape index (κ2) is 4.97. The highest BCUT2D eigenvalue weighted by molar-refractivity contribution is 7.18. The van der Waals surface area contributed by atoms with Gasteiger partial charge in [-0.3, -0.25) is 9.59 Å². The van der Waals surface area contributed by atoms with E-state index < -0.39 is 0 Å². The molecule has 1 fully saturated rings. The lowest BCUT2D eigenvalue weighted by atomic mass is 10.1. The maximum Gasteiger partial charge on any atom is 0.261 e. The van der Waals surface area contributed by atoms with Gasteiger partial charge in [-0.15, -0.1) is 11.3 Å². The molecule has 5 nitrogen and oxygen atoms in total. The molecule has 1 aromatic rings. The van der Waals surface area contributed by atoms with Crippen molar-refractivity contribution in [3.63, 3.8) is 0 Å². The monoisotopic (exact) mass is 267 g/mol. The van der Waals surface area contributed by atoms with Crippen LogP contribution in [0.1, 0.15) is 45.4 Å². The molecule has 0 radical (unpaired) electrons. The largest absolute Gasteiger partial charge is 0.390 e. The summed E-state index contributed by atoms with van der Waals surface area (Å²) in [7, 11) is 0. The third-order valence-electron chi connectivity index (χ3n) is 2.86. The van der Waals surface area contributed by atoms with Crippen molar-refractivity contribution in [3.8, 4) is 0 Å². The number of nitrogens with two attached hydrogens (primary N) is 1. The Morgan fingerprint density at radius 3 is 2.61 bits per heavy atom.